The van der Waals surface area contributed by atoms with Crippen LogP contribution in [0, 0.1) is 5.92 Å². The molecule has 0 aromatic carbocycles. The minimum atomic E-state index is 0.740. The predicted octanol–water partition coefficient (Wildman–Crippen LogP) is 4.00. The van der Waals surface area contributed by atoms with Crippen LogP contribution in [0.3, 0.4) is 0 Å². The highest BCUT2D eigenvalue weighted by Gasteiger charge is 2.39. The molecule has 1 heterocycles. The summed E-state index contributed by atoms with van der Waals surface area (Å²) in [4.78, 5) is 1.54. The summed E-state index contributed by atoms with van der Waals surface area (Å²) in [6.07, 6.45) is 2.54. The summed E-state index contributed by atoms with van der Waals surface area (Å²) in [6.45, 7) is 5.75. The molecule has 3 unspecified atom stereocenters. The Morgan fingerprint density at radius 1 is 1.60 bits per heavy atom. The van der Waals surface area contributed by atoms with E-state index in [2.05, 4.69) is 46.5 Å². The molecule has 0 amide bonds. The summed E-state index contributed by atoms with van der Waals surface area (Å²) >= 11 is 5.52. The first-order valence-electron chi connectivity index (χ1n) is 5.70. The lowest BCUT2D eigenvalue weighted by Crippen LogP contribution is -2.47. The molecule has 0 spiro atoms. The van der Waals surface area contributed by atoms with E-state index < -0.39 is 0 Å². The van der Waals surface area contributed by atoms with E-state index in [0.717, 1.165) is 24.4 Å². The quantitative estimate of drug-likeness (QED) is 0.883. The lowest BCUT2D eigenvalue weighted by molar-refractivity contribution is 0.187. The molecule has 3 heteroatoms. The second-order valence-electron chi connectivity index (χ2n) is 4.39. The predicted molar refractivity (Wildman–Crippen MR) is 70.6 cm³/mol. The Hall–Kier alpha value is 0.140. The highest BCUT2D eigenvalue weighted by Crippen LogP contribution is 2.46. The molecule has 15 heavy (non-hydrogen) atoms. The topological polar surface area (TPSA) is 12.0 Å². The largest absolute Gasteiger partial charge is 0.314 e. The van der Waals surface area contributed by atoms with Gasteiger partial charge >= 0.3 is 0 Å². The number of halogens is 1. The normalized spacial score (nSPS) is 30.2. The molecular weight excluding hydrogens is 270 g/mol. The minimum absolute atomic E-state index is 0.740. The van der Waals surface area contributed by atoms with Crippen molar-refractivity contribution in [2.75, 3.05) is 6.54 Å². The van der Waals surface area contributed by atoms with E-state index in [1.807, 2.05) is 11.3 Å². The van der Waals surface area contributed by atoms with Crippen LogP contribution >= 0.6 is 27.3 Å². The second-order valence-corrected chi connectivity index (χ2v) is 6.20. The van der Waals surface area contributed by atoms with Crippen molar-refractivity contribution in [2.45, 2.75) is 38.6 Å². The summed E-state index contributed by atoms with van der Waals surface area (Å²) in [6, 6.07) is 2.91. The fourth-order valence-electron chi connectivity index (χ4n) is 2.30. The first-order valence-corrected chi connectivity index (χ1v) is 7.37. The van der Waals surface area contributed by atoms with Gasteiger partial charge in [0, 0.05) is 15.4 Å². The van der Waals surface area contributed by atoms with Gasteiger partial charge in [0.05, 0.1) is 0 Å². The zero-order valence-corrected chi connectivity index (χ0v) is 11.7. The number of hydrogen-bond acceptors (Lipinski definition) is 2. The van der Waals surface area contributed by atoms with Gasteiger partial charge < -0.3 is 5.32 Å². The first kappa shape index (κ1) is 11.6. The molecule has 0 bridgehead atoms. The molecule has 1 aliphatic carbocycles. The van der Waals surface area contributed by atoms with Gasteiger partial charge in [-0.2, -0.15) is 0 Å². The highest BCUT2D eigenvalue weighted by molar-refractivity contribution is 9.10. The fraction of sp³-hybridized carbons (Fsp3) is 0.667. The van der Waals surface area contributed by atoms with Crippen molar-refractivity contribution < 1.29 is 0 Å². The van der Waals surface area contributed by atoms with E-state index in [0.29, 0.717) is 0 Å². The Bertz CT molecular complexity index is 323. The number of nitrogens with one attached hydrogen (secondary N) is 1. The van der Waals surface area contributed by atoms with E-state index in [1.54, 1.807) is 0 Å². The zero-order valence-electron chi connectivity index (χ0n) is 9.29. The molecule has 1 aliphatic rings. The van der Waals surface area contributed by atoms with Crippen molar-refractivity contribution >= 4 is 27.3 Å². The summed E-state index contributed by atoms with van der Waals surface area (Å²) < 4.78 is 1.30. The molecule has 1 N–H and O–H groups in total. The van der Waals surface area contributed by atoms with Gasteiger partial charge in [-0.25, -0.2) is 0 Å². The van der Waals surface area contributed by atoms with Crippen LogP contribution in [0.25, 0.3) is 0 Å². The van der Waals surface area contributed by atoms with Crippen LogP contribution in [0.5, 0.6) is 0 Å². The van der Waals surface area contributed by atoms with Gasteiger partial charge in [-0.15, -0.1) is 11.3 Å². The van der Waals surface area contributed by atoms with E-state index >= 15 is 0 Å². The van der Waals surface area contributed by atoms with Gasteiger partial charge in [-0.1, -0.05) is 13.8 Å². The van der Waals surface area contributed by atoms with Crippen LogP contribution < -0.4 is 5.32 Å². The number of thiophene rings is 1. The SMILES string of the molecule is CCCNC1CC(c2sccc2Br)C1C. The van der Waals surface area contributed by atoms with Crippen molar-refractivity contribution in [3.05, 3.63) is 20.8 Å². The Kier molecular flexibility index (Phi) is 3.86. The molecule has 0 saturated heterocycles. The van der Waals surface area contributed by atoms with Crippen LogP contribution in [0.15, 0.2) is 15.9 Å². The lowest BCUT2D eigenvalue weighted by atomic mass is 9.69. The fourth-order valence-corrected chi connectivity index (χ4v) is 4.20. The van der Waals surface area contributed by atoms with Crippen LogP contribution in [0.1, 0.15) is 37.5 Å². The molecule has 84 valence electrons. The molecule has 3 atom stereocenters. The number of rotatable bonds is 4. The summed E-state index contributed by atoms with van der Waals surface area (Å²) in [5.41, 5.74) is 0. The first-order chi connectivity index (χ1) is 7.24. The van der Waals surface area contributed by atoms with Crippen LogP contribution in [-0.4, -0.2) is 12.6 Å². The maximum absolute atomic E-state index is 3.63. The summed E-state index contributed by atoms with van der Waals surface area (Å²) in [7, 11) is 0. The van der Waals surface area contributed by atoms with E-state index in [9.17, 15) is 0 Å². The van der Waals surface area contributed by atoms with Crippen molar-refractivity contribution in [1.82, 2.24) is 5.32 Å². The average Bonchev–Trinajstić information content (AvgIpc) is 2.63. The molecule has 0 radical (unpaired) electrons. The Morgan fingerprint density at radius 3 is 2.93 bits per heavy atom. The van der Waals surface area contributed by atoms with E-state index in [4.69, 9.17) is 0 Å². The molecule has 1 aromatic heterocycles. The summed E-state index contributed by atoms with van der Waals surface area (Å²) in [5, 5.41) is 5.80. The minimum Gasteiger partial charge on any atom is -0.314 e. The summed E-state index contributed by atoms with van der Waals surface area (Å²) in [5.74, 6) is 1.56. The standard InChI is InChI=1S/C12H18BrNS/c1-3-5-14-11-7-9(8(11)2)12-10(13)4-6-15-12/h4,6,8-9,11,14H,3,5,7H2,1-2H3. The van der Waals surface area contributed by atoms with Gasteiger partial charge in [-0.3, -0.25) is 0 Å². The van der Waals surface area contributed by atoms with Gasteiger partial charge in [0.2, 0.25) is 0 Å². The average molecular weight is 288 g/mol. The Balaban J connectivity index is 1.92. The maximum Gasteiger partial charge on any atom is 0.0317 e. The van der Waals surface area contributed by atoms with Gasteiger partial charge in [0.25, 0.3) is 0 Å². The van der Waals surface area contributed by atoms with Crippen LogP contribution in [0.4, 0.5) is 0 Å². The maximum atomic E-state index is 3.63. The molecule has 1 fully saturated rings. The lowest BCUT2D eigenvalue weighted by Gasteiger charge is -2.43. The van der Waals surface area contributed by atoms with Crippen molar-refractivity contribution in [3.63, 3.8) is 0 Å². The third-order valence-electron chi connectivity index (χ3n) is 3.42. The van der Waals surface area contributed by atoms with Crippen LogP contribution in [0.2, 0.25) is 0 Å². The third kappa shape index (κ3) is 2.29. The Labute approximate surface area is 104 Å². The van der Waals surface area contributed by atoms with Crippen molar-refractivity contribution in [3.8, 4) is 0 Å². The van der Waals surface area contributed by atoms with E-state index in [-0.39, 0.29) is 0 Å². The van der Waals surface area contributed by atoms with Crippen molar-refractivity contribution in [1.29, 1.82) is 0 Å². The Morgan fingerprint density at radius 2 is 2.40 bits per heavy atom. The molecule has 1 aromatic rings. The smallest absolute Gasteiger partial charge is 0.0317 e. The van der Waals surface area contributed by atoms with Gasteiger partial charge in [-0.05, 0) is 58.6 Å². The second kappa shape index (κ2) is 4.98. The van der Waals surface area contributed by atoms with Gasteiger partial charge in [0.1, 0.15) is 0 Å². The molecule has 1 nitrogen and oxygen atoms in total. The van der Waals surface area contributed by atoms with Gasteiger partial charge in [0.15, 0.2) is 0 Å². The zero-order chi connectivity index (χ0) is 10.8. The molecular formula is C12H18BrNS. The molecule has 2 rings (SSSR count). The molecule has 0 aliphatic heterocycles. The number of hydrogen-bond donors (Lipinski definition) is 1. The van der Waals surface area contributed by atoms with Crippen molar-refractivity contribution in [2.24, 2.45) is 5.92 Å². The highest BCUT2D eigenvalue weighted by atomic mass is 79.9. The van der Waals surface area contributed by atoms with E-state index in [1.165, 1.54) is 22.2 Å². The molecule has 1 saturated carbocycles. The van der Waals surface area contributed by atoms with Crippen LogP contribution in [-0.2, 0) is 0 Å². The monoisotopic (exact) mass is 287 g/mol. The third-order valence-corrected chi connectivity index (χ3v) is 5.42.